The highest BCUT2D eigenvalue weighted by atomic mass is 16.2. The number of hydrogen-bond donors (Lipinski definition) is 1. The van der Waals surface area contributed by atoms with Crippen LogP contribution >= 0.6 is 0 Å². The van der Waals surface area contributed by atoms with Crippen molar-refractivity contribution in [2.45, 2.75) is 38.1 Å². The first-order valence-electron chi connectivity index (χ1n) is 9.50. The number of hydrogen-bond acceptors (Lipinski definition) is 3. The number of likely N-dealkylation sites (tertiary alicyclic amines) is 2. The molecule has 5 nitrogen and oxygen atoms in total. The zero-order valence-corrected chi connectivity index (χ0v) is 15.1. The number of carbonyl (C=O) groups is 2. The molecule has 3 rings (SSSR count). The largest absolute Gasteiger partial charge is 0.341 e. The summed E-state index contributed by atoms with van der Waals surface area (Å²) >= 11 is 0. The Labute approximate surface area is 150 Å². The highest BCUT2D eigenvalue weighted by molar-refractivity contribution is 5.97. The Kier molecular flexibility index (Phi) is 6.08. The lowest BCUT2D eigenvalue weighted by Gasteiger charge is -2.35. The van der Waals surface area contributed by atoms with Gasteiger partial charge in [0.05, 0.1) is 0 Å². The van der Waals surface area contributed by atoms with Crippen LogP contribution in [0.1, 0.15) is 42.5 Å². The zero-order chi connectivity index (χ0) is 17.6. The summed E-state index contributed by atoms with van der Waals surface area (Å²) in [7, 11) is 1.98. The van der Waals surface area contributed by atoms with Crippen LogP contribution in [-0.4, -0.2) is 60.9 Å². The molecule has 0 radical (unpaired) electrons. The van der Waals surface area contributed by atoms with E-state index in [-0.39, 0.29) is 17.9 Å². The Morgan fingerprint density at radius 1 is 1.08 bits per heavy atom. The summed E-state index contributed by atoms with van der Waals surface area (Å²) in [4.78, 5) is 29.5. The van der Waals surface area contributed by atoms with E-state index in [1.54, 1.807) is 4.90 Å². The number of nitrogens with zero attached hydrogens (tertiary/aromatic N) is 2. The van der Waals surface area contributed by atoms with E-state index in [4.69, 9.17) is 0 Å². The molecule has 2 aliphatic rings. The van der Waals surface area contributed by atoms with Gasteiger partial charge >= 0.3 is 0 Å². The van der Waals surface area contributed by atoms with Crippen LogP contribution in [0.15, 0.2) is 30.3 Å². The van der Waals surface area contributed by atoms with Crippen molar-refractivity contribution in [3.63, 3.8) is 0 Å². The van der Waals surface area contributed by atoms with Crippen molar-refractivity contribution < 1.29 is 9.59 Å². The van der Waals surface area contributed by atoms with Gasteiger partial charge in [-0.05, 0) is 63.7 Å². The maximum Gasteiger partial charge on any atom is 0.254 e. The predicted octanol–water partition coefficient (Wildman–Crippen LogP) is 2.14. The van der Waals surface area contributed by atoms with Gasteiger partial charge in [0.1, 0.15) is 6.04 Å². The average molecular weight is 343 g/mol. The minimum atomic E-state index is -0.276. The van der Waals surface area contributed by atoms with Gasteiger partial charge in [0.2, 0.25) is 5.91 Å². The molecule has 0 bridgehead atoms. The molecule has 0 aromatic heterocycles. The van der Waals surface area contributed by atoms with E-state index in [1.807, 2.05) is 42.3 Å². The molecule has 136 valence electrons. The van der Waals surface area contributed by atoms with E-state index < -0.39 is 0 Å². The van der Waals surface area contributed by atoms with E-state index >= 15 is 0 Å². The SMILES string of the molecule is CNCCC1CCN(C(=O)C2CCCN2C(=O)c2ccccc2)CC1. The van der Waals surface area contributed by atoms with Crippen molar-refractivity contribution in [3.05, 3.63) is 35.9 Å². The summed E-state index contributed by atoms with van der Waals surface area (Å²) in [6.45, 7) is 3.39. The summed E-state index contributed by atoms with van der Waals surface area (Å²) in [5, 5.41) is 3.20. The monoisotopic (exact) mass is 343 g/mol. The van der Waals surface area contributed by atoms with Gasteiger partial charge in [-0.2, -0.15) is 0 Å². The second kappa shape index (κ2) is 8.48. The van der Waals surface area contributed by atoms with Gasteiger partial charge in [-0.15, -0.1) is 0 Å². The number of nitrogens with one attached hydrogen (secondary N) is 1. The molecule has 25 heavy (non-hydrogen) atoms. The Balaban J connectivity index is 1.59. The topological polar surface area (TPSA) is 52.7 Å². The first-order valence-corrected chi connectivity index (χ1v) is 9.50. The molecule has 2 saturated heterocycles. The highest BCUT2D eigenvalue weighted by Gasteiger charge is 2.37. The minimum absolute atomic E-state index is 0.0136. The van der Waals surface area contributed by atoms with Gasteiger partial charge < -0.3 is 15.1 Å². The molecule has 1 atom stereocenters. The van der Waals surface area contributed by atoms with E-state index in [1.165, 1.54) is 6.42 Å². The molecule has 2 aliphatic heterocycles. The lowest BCUT2D eigenvalue weighted by Crippen LogP contribution is -2.50. The first kappa shape index (κ1) is 17.9. The molecule has 5 heteroatoms. The molecule has 2 heterocycles. The van der Waals surface area contributed by atoms with Crippen LogP contribution in [0, 0.1) is 5.92 Å². The zero-order valence-electron chi connectivity index (χ0n) is 15.1. The average Bonchev–Trinajstić information content (AvgIpc) is 3.16. The number of rotatable bonds is 5. The quantitative estimate of drug-likeness (QED) is 0.891. The lowest BCUT2D eigenvalue weighted by molar-refractivity contribution is -0.136. The summed E-state index contributed by atoms with van der Waals surface area (Å²) < 4.78 is 0. The molecule has 0 spiro atoms. The van der Waals surface area contributed by atoms with Crippen LogP contribution in [0.2, 0.25) is 0 Å². The Morgan fingerprint density at radius 3 is 2.48 bits per heavy atom. The van der Waals surface area contributed by atoms with E-state index in [2.05, 4.69) is 5.32 Å². The summed E-state index contributed by atoms with van der Waals surface area (Å²) in [5.74, 6) is 0.844. The van der Waals surface area contributed by atoms with Crippen LogP contribution in [0.25, 0.3) is 0 Å². The molecule has 2 amide bonds. The number of amides is 2. The third kappa shape index (κ3) is 4.21. The molecule has 1 aromatic carbocycles. The number of carbonyl (C=O) groups excluding carboxylic acids is 2. The predicted molar refractivity (Wildman–Crippen MR) is 98.3 cm³/mol. The maximum absolute atomic E-state index is 13.0. The molecule has 2 fully saturated rings. The van der Waals surface area contributed by atoms with Gasteiger partial charge in [-0.3, -0.25) is 9.59 Å². The molecular weight excluding hydrogens is 314 g/mol. The first-order chi connectivity index (χ1) is 12.2. The second-order valence-corrected chi connectivity index (χ2v) is 7.18. The molecule has 0 aliphatic carbocycles. The fourth-order valence-electron chi connectivity index (χ4n) is 4.01. The second-order valence-electron chi connectivity index (χ2n) is 7.18. The van der Waals surface area contributed by atoms with Gasteiger partial charge in [-0.1, -0.05) is 18.2 Å². The molecular formula is C20H29N3O2. The van der Waals surface area contributed by atoms with Gasteiger partial charge in [0.15, 0.2) is 0 Å². The standard InChI is InChI=1S/C20H29N3O2/c1-21-12-9-16-10-14-22(15-11-16)20(25)18-8-5-13-23(18)19(24)17-6-3-2-4-7-17/h2-4,6-7,16,18,21H,5,8-15H2,1H3. The minimum Gasteiger partial charge on any atom is -0.341 e. The van der Waals surface area contributed by atoms with Gasteiger partial charge in [0, 0.05) is 25.2 Å². The van der Waals surface area contributed by atoms with Crippen molar-refractivity contribution in [2.75, 3.05) is 33.2 Å². The normalized spacial score (nSPS) is 21.6. The smallest absolute Gasteiger partial charge is 0.254 e. The van der Waals surface area contributed by atoms with Crippen molar-refractivity contribution in [1.82, 2.24) is 15.1 Å². The van der Waals surface area contributed by atoms with Gasteiger partial charge in [-0.25, -0.2) is 0 Å². The Hall–Kier alpha value is -1.88. The Morgan fingerprint density at radius 2 is 1.80 bits per heavy atom. The van der Waals surface area contributed by atoms with Crippen LogP contribution < -0.4 is 5.32 Å². The third-order valence-corrected chi connectivity index (χ3v) is 5.55. The van der Waals surface area contributed by atoms with E-state index in [0.717, 1.165) is 45.3 Å². The number of piperidine rings is 1. The van der Waals surface area contributed by atoms with Crippen LogP contribution in [0.3, 0.4) is 0 Å². The fraction of sp³-hybridized carbons (Fsp3) is 0.600. The van der Waals surface area contributed by atoms with E-state index in [9.17, 15) is 9.59 Å². The van der Waals surface area contributed by atoms with Crippen LogP contribution in [0.4, 0.5) is 0 Å². The van der Waals surface area contributed by atoms with Crippen molar-refractivity contribution >= 4 is 11.8 Å². The Bertz CT molecular complexity index is 582. The van der Waals surface area contributed by atoms with Crippen LogP contribution in [-0.2, 0) is 4.79 Å². The molecule has 1 unspecified atom stereocenters. The summed E-state index contributed by atoms with van der Waals surface area (Å²) in [5.41, 5.74) is 0.674. The van der Waals surface area contributed by atoms with Crippen molar-refractivity contribution in [1.29, 1.82) is 0 Å². The summed E-state index contributed by atoms with van der Waals surface area (Å²) in [6, 6.07) is 9.03. The number of benzene rings is 1. The molecule has 0 saturated carbocycles. The highest BCUT2D eigenvalue weighted by Crippen LogP contribution is 2.25. The maximum atomic E-state index is 13.0. The van der Waals surface area contributed by atoms with Crippen molar-refractivity contribution in [3.8, 4) is 0 Å². The fourth-order valence-corrected chi connectivity index (χ4v) is 4.01. The third-order valence-electron chi connectivity index (χ3n) is 5.55. The lowest BCUT2D eigenvalue weighted by atomic mass is 9.93. The van der Waals surface area contributed by atoms with Gasteiger partial charge in [0.25, 0.3) is 5.91 Å². The van der Waals surface area contributed by atoms with E-state index in [0.29, 0.717) is 18.0 Å². The molecule has 1 N–H and O–H groups in total. The summed E-state index contributed by atoms with van der Waals surface area (Å²) in [6.07, 6.45) is 5.03. The van der Waals surface area contributed by atoms with Crippen LogP contribution in [0.5, 0.6) is 0 Å². The molecule has 1 aromatic rings. The van der Waals surface area contributed by atoms with Crippen molar-refractivity contribution in [2.24, 2.45) is 5.92 Å².